The molecule has 0 saturated carbocycles. The molecule has 1 fully saturated rings. The molecule has 0 spiro atoms. The molecule has 1 N–H and O–H groups in total. The number of carboxylic acid groups (broad SMARTS) is 1. The van der Waals surface area contributed by atoms with Crippen LogP contribution in [0.15, 0.2) is 42.7 Å². The summed E-state index contributed by atoms with van der Waals surface area (Å²) in [6.07, 6.45) is 3.62. The Morgan fingerprint density at radius 2 is 1.92 bits per heavy atom. The number of carbonyl (C=O) groups excluding carboxylic acids is 2. The predicted molar refractivity (Wildman–Crippen MR) is 91.1 cm³/mol. The van der Waals surface area contributed by atoms with Crippen molar-refractivity contribution in [2.45, 2.75) is 12.8 Å². The minimum atomic E-state index is -0.881. The minimum absolute atomic E-state index is 0.0334. The van der Waals surface area contributed by atoms with Crippen LogP contribution in [0.2, 0.25) is 0 Å². The van der Waals surface area contributed by atoms with Gasteiger partial charge in [0.25, 0.3) is 0 Å². The molecule has 2 aromatic rings. The van der Waals surface area contributed by atoms with Crippen LogP contribution in [-0.4, -0.2) is 46.2 Å². The molecule has 1 unspecified atom stereocenters. The van der Waals surface area contributed by atoms with E-state index in [2.05, 4.69) is 4.98 Å². The summed E-state index contributed by atoms with van der Waals surface area (Å²) in [5.41, 5.74) is 2.72. The summed E-state index contributed by atoms with van der Waals surface area (Å²) in [5.74, 6) is -1.85. The number of rotatable bonds is 5. The molecule has 1 aliphatic heterocycles. The molecule has 128 valence electrons. The summed E-state index contributed by atoms with van der Waals surface area (Å²) in [4.78, 5) is 41.1. The van der Waals surface area contributed by atoms with Crippen molar-refractivity contribution in [1.82, 2.24) is 9.88 Å². The van der Waals surface area contributed by atoms with Gasteiger partial charge in [0.05, 0.1) is 6.42 Å². The third kappa shape index (κ3) is 3.57. The summed E-state index contributed by atoms with van der Waals surface area (Å²) in [5, 5.41) is 8.82. The van der Waals surface area contributed by atoms with Gasteiger partial charge in [-0.15, -0.1) is 0 Å². The lowest BCUT2D eigenvalue weighted by Crippen LogP contribution is -2.27. The predicted octanol–water partition coefficient (Wildman–Crippen LogP) is 2.04. The lowest BCUT2D eigenvalue weighted by Gasteiger charge is -2.10. The van der Waals surface area contributed by atoms with Crippen LogP contribution in [0, 0.1) is 5.92 Å². The Morgan fingerprint density at radius 1 is 1.20 bits per heavy atom. The molecule has 3 rings (SSSR count). The van der Waals surface area contributed by atoms with Crippen molar-refractivity contribution in [2.75, 3.05) is 13.6 Å². The van der Waals surface area contributed by atoms with E-state index in [1.165, 1.54) is 6.20 Å². The first-order valence-corrected chi connectivity index (χ1v) is 8.01. The smallest absolute Gasteiger partial charge is 0.307 e. The van der Waals surface area contributed by atoms with Crippen molar-refractivity contribution in [2.24, 2.45) is 5.92 Å². The average molecular weight is 338 g/mol. The fourth-order valence-electron chi connectivity index (χ4n) is 2.99. The van der Waals surface area contributed by atoms with Crippen LogP contribution in [0.5, 0.6) is 0 Å². The van der Waals surface area contributed by atoms with E-state index in [1.807, 2.05) is 0 Å². The molecule has 1 aromatic heterocycles. The van der Waals surface area contributed by atoms with Crippen LogP contribution in [0.4, 0.5) is 0 Å². The fourth-order valence-corrected chi connectivity index (χ4v) is 2.99. The Bertz CT molecular complexity index is 830. The van der Waals surface area contributed by atoms with Crippen LogP contribution < -0.4 is 0 Å². The Balaban J connectivity index is 1.83. The first-order valence-electron chi connectivity index (χ1n) is 8.01. The van der Waals surface area contributed by atoms with E-state index in [-0.39, 0.29) is 18.1 Å². The van der Waals surface area contributed by atoms with E-state index in [0.717, 1.165) is 11.1 Å². The lowest BCUT2D eigenvalue weighted by molar-refractivity contribution is -0.136. The first-order chi connectivity index (χ1) is 12.0. The number of ketones is 1. The zero-order valence-electron chi connectivity index (χ0n) is 13.8. The highest BCUT2D eigenvalue weighted by Gasteiger charge is 2.35. The standard InChI is InChI=1S/C19H18N2O4/c1-21-7-6-16(19(21)25)18(24)15-9-14(10-20-11-15)13-4-2-12(3-5-13)8-17(22)23/h2-5,9-11,16H,6-8H2,1H3,(H,22,23). The van der Waals surface area contributed by atoms with Gasteiger partial charge in [-0.05, 0) is 23.6 Å². The van der Waals surface area contributed by atoms with Gasteiger partial charge >= 0.3 is 5.97 Å². The summed E-state index contributed by atoms with van der Waals surface area (Å²) in [7, 11) is 1.70. The molecule has 0 radical (unpaired) electrons. The lowest BCUT2D eigenvalue weighted by atomic mass is 9.95. The Hall–Kier alpha value is -3.02. The number of amides is 1. The second-order valence-electron chi connectivity index (χ2n) is 6.20. The number of aromatic nitrogens is 1. The summed E-state index contributed by atoms with van der Waals surface area (Å²) in [6.45, 7) is 0.591. The molecule has 1 atom stereocenters. The summed E-state index contributed by atoms with van der Waals surface area (Å²) >= 11 is 0. The maximum Gasteiger partial charge on any atom is 0.307 e. The second-order valence-corrected chi connectivity index (χ2v) is 6.20. The molecule has 2 heterocycles. The molecule has 6 heteroatoms. The van der Waals surface area contributed by atoms with Gasteiger partial charge in [0, 0.05) is 37.1 Å². The van der Waals surface area contributed by atoms with E-state index in [9.17, 15) is 14.4 Å². The van der Waals surface area contributed by atoms with Crippen molar-refractivity contribution >= 4 is 17.7 Å². The van der Waals surface area contributed by atoms with Crippen molar-refractivity contribution in [3.05, 3.63) is 53.9 Å². The van der Waals surface area contributed by atoms with Crippen molar-refractivity contribution < 1.29 is 19.5 Å². The van der Waals surface area contributed by atoms with E-state index in [4.69, 9.17) is 5.11 Å². The molecule has 1 aliphatic rings. The van der Waals surface area contributed by atoms with E-state index in [0.29, 0.717) is 24.1 Å². The number of likely N-dealkylation sites (tertiary alicyclic amines) is 1. The largest absolute Gasteiger partial charge is 0.481 e. The topological polar surface area (TPSA) is 87.6 Å². The summed E-state index contributed by atoms with van der Waals surface area (Å²) < 4.78 is 0. The SMILES string of the molecule is CN1CCC(C(=O)c2cncc(-c3ccc(CC(=O)O)cc3)c2)C1=O. The van der Waals surface area contributed by atoms with E-state index in [1.54, 1.807) is 48.5 Å². The highest BCUT2D eigenvalue weighted by molar-refractivity contribution is 6.11. The van der Waals surface area contributed by atoms with Gasteiger partial charge in [0.15, 0.2) is 5.78 Å². The molecule has 0 aliphatic carbocycles. The third-order valence-corrected chi connectivity index (χ3v) is 4.41. The monoisotopic (exact) mass is 338 g/mol. The molecule has 1 saturated heterocycles. The minimum Gasteiger partial charge on any atom is -0.481 e. The molecule has 25 heavy (non-hydrogen) atoms. The van der Waals surface area contributed by atoms with Crippen LogP contribution in [-0.2, 0) is 16.0 Å². The summed E-state index contributed by atoms with van der Waals surface area (Å²) in [6, 6.07) is 8.82. The average Bonchev–Trinajstić information content (AvgIpc) is 2.94. The number of hydrogen-bond donors (Lipinski definition) is 1. The van der Waals surface area contributed by atoms with Gasteiger partial charge in [0.2, 0.25) is 5.91 Å². The molecular weight excluding hydrogens is 320 g/mol. The Kier molecular flexibility index (Phi) is 4.61. The normalized spacial score (nSPS) is 16.9. The Morgan fingerprint density at radius 3 is 2.52 bits per heavy atom. The van der Waals surface area contributed by atoms with E-state index < -0.39 is 11.9 Å². The van der Waals surface area contributed by atoms with Crippen molar-refractivity contribution in [1.29, 1.82) is 0 Å². The molecule has 0 bridgehead atoms. The van der Waals surface area contributed by atoms with Crippen LogP contribution >= 0.6 is 0 Å². The third-order valence-electron chi connectivity index (χ3n) is 4.41. The van der Waals surface area contributed by atoms with E-state index >= 15 is 0 Å². The highest BCUT2D eigenvalue weighted by Crippen LogP contribution is 2.24. The Labute approximate surface area is 145 Å². The van der Waals surface area contributed by atoms with Gasteiger partial charge in [-0.3, -0.25) is 19.4 Å². The number of carbonyl (C=O) groups is 3. The number of nitrogens with zero attached hydrogens (tertiary/aromatic N) is 2. The molecular formula is C19H18N2O4. The van der Waals surface area contributed by atoms with Crippen LogP contribution in [0.3, 0.4) is 0 Å². The van der Waals surface area contributed by atoms with Gasteiger partial charge in [0.1, 0.15) is 5.92 Å². The number of aliphatic carboxylic acids is 1. The zero-order valence-corrected chi connectivity index (χ0v) is 13.8. The first kappa shape index (κ1) is 16.8. The molecule has 1 amide bonds. The quantitative estimate of drug-likeness (QED) is 0.666. The number of benzene rings is 1. The van der Waals surface area contributed by atoms with Gasteiger partial charge in [-0.2, -0.15) is 0 Å². The zero-order chi connectivity index (χ0) is 18.0. The van der Waals surface area contributed by atoms with Crippen LogP contribution in [0.25, 0.3) is 11.1 Å². The van der Waals surface area contributed by atoms with Gasteiger partial charge < -0.3 is 10.0 Å². The maximum atomic E-state index is 12.6. The number of pyridine rings is 1. The highest BCUT2D eigenvalue weighted by atomic mass is 16.4. The number of Topliss-reactive ketones (excluding diaryl/α,β-unsaturated/α-hetero) is 1. The van der Waals surface area contributed by atoms with Gasteiger partial charge in [-0.1, -0.05) is 24.3 Å². The number of carboxylic acids is 1. The van der Waals surface area contributed by atoms with Crippen molar-refractivity contribution in [3.63, 3.8) is 0 Å². The second kappa shape index (κ2) is 6.84. The fraction of sp³-hybridized carbons (Fsp3) is 0.263. The van der Waals surface area contributed by atoms with Crippen molar-refractivity contribution in [3.8, 4) is 11.1 Å². The number of hydrogen-bond acceptors (Lipinski definition) is 4. The maximum absolute atomic E-state index is 12.6. The van der Waals surface area contributed by atoms with Crippen LogP contribution in [0.1, 0.15) is 22.3 Å². The molecule has 6 nitrogen and oxygen atoms in total. The molecule has 1 aromatic carbocycles. The van der Waals surface area contributed by atoms with Gasteiger partial charge in [-0.25, -0.2) is 0 Å².